The van der Waals surface area contributed by atoms with Gasteiger partial charge in [0.05, 0.1) is 17.9 Å². The van der Waals surface area contributed by atoms with Crippen LogP contribution in [0.5, 0.6) is 0 Å². The third-order valence-corrected chi connectivity index (χ3v) is 5.01. The van der Waals surface area contributed by atoms with Crippen LogP contribution in [-0.2, 0) is 19.1 Å². The summed E-state index contributed by atoms with van der Waals surface area (Å²) in [7, 11) is 0. The number of benzene rings is 2. The summed E-state index contributed by atoms with van der Waals surface area (Å²) in [5, 5.41) is 2.82. The third-order valence-electron chi connectivity index (χ3n) is 3.94. The van der Waals surface area contributed by atoms with Crippen molar-refractivity contribution in [2.75, 3.05) is 17.7 Å². The molecule has 7 heteroatoms. The highest BCUT2D eigenvalue weighted by atomic mass is 32.2. The molecule has 0 saturated carbocycles. The molecule has 0 aromatic heterocycles. The average Bonchev–Trinajstić information content (AvgIpc) is 3.07. The maximum absolute atomic E-state index is 12.4. The van der Waals surface area contributed by atoms with Crippen molar-refractivity contribution in [1.29, 1.82) is 0 Å². The van der Waals surface area contributed by atoms with Crippen LogP contribution in [0.4, 0.5) is 5.69 Å². The third kappa shape index (κ3) is 5.10. The van der Waals surface area contributed by atoms with E-state index in [1.54, 1.807) is 24.3 Å². The van der Waals surface area contributed by atoms with Gasteiger partial charge in [0.2, 0.25) is 12.0 Å². The number of ether oxygens (including phenoxy) is 2. The minimum Gasteiger partial charge on any atom is -0.463 e. The standard InChI is InChI=1S/C20H19NO5S/c1-13-6-8-14(9-7-13)21-18(22)12-27-17-5-3-2-4-15(17)19(23)26-16-10-11-25-20(16)24/h2-9,16H,10-12H2,1H3,(H,21,22). The summed E-state index contributed by atoms with van der Waals surface area (Å²) in [4.78, 5) is 36.7. The van der Waals surface area contributed by atoms with Crippen LogP contribution in [0.2, 0.25) is 0 Å². The Bertz CT molecular complexity index is 850. The molecule has 0 aliphatic carbocycles. The lowest BCUT2D eigenvalue weighted by molar-refractivity contribution is -0.145. The highest BCUT2D eigenvalue weighted by molar-refractivity contribution is 8.00. The molecule has 1 atom stereocenters. The van der Waals surface area contributed by atoms with E-state index in [0.717, 1.165) is 11.3 Å². The molecular weight excluding hydrogens is 366 g/mol. The van der Waals surface area contributed by atoms with Crippen molar-refractivity contribution < 1.29 is 23.9 Å². The molecule has 3 rings (SSSR count). The molecule has 1 saturated heterocycles. The van der Waals surface area contributed by atoms with Crippen molar-refractivity contribution in [1.82, 2.24) is 0 Å². The molecule has 0 spiro atoms. The lowest BCUT2D eigenvalue weighted by Gasteiger charge is -2.11. The van der Waals surface area contributed by atoms with Crippen molar-refractivity contribution in [3.05, 3.63) is 59.7 Å². The van der Waals surface area contributed by atoms with E-state index in [1.165, 1.54) is 11.8 Å². The van der Waals surface area contributed by atoms with Crippen LogP contribution >= 0.6 is 11.8 Å². The van der Waals surface area contributed by atoms with E-state index in [-0.39, 0.29) is 18.3 Å². The second-order valence-corrected chi connectivity index (χ2v) is 7.07. The zero-order chi connectivity index (χ0) is 19.2. The number of carbonyl (C=O) groups is 3. The molecule has 0 radical (unpaired) electrons. The highest BCUT2D eigenvalue weighted by Crippen LogP contribution is 2.25. The second-order valence-electron chi connectivity index (χ2n) is 6.05. The van der Waals surface area contributed by atoms with Gasteiger partial charge in [0.1, 0.15) is 0 Å². The first-order valence-corrected chi connectivity index (χ1v) is 9.47. The first kappa shape index (κ1) is 19.0. The number of aryl methyl sites for hydroxylation is 1. The summed E-state index contributed by atoms with van der Waals surface area (Å²) in [5.41, 5.74) is 2.16. The monoisotopic (exact) mass is 385 g/mol. The fourth-order valence-electron chi connectivity index (χ4n) is 2.52. The molecule has 1 heterocycles. The highest BCUT2D eigenvalue weighted by Gasteiger charge is 2.31. The number of hydrogen-bond acceptors (Lipinski definition) is 6. The van der Waals surface area contributed by atoms with Crippen LogP contribution in [-0.4, -0.2) is 36.3 Å². The predicted molar refractivity (Wildman–Crippen MR) is 102 cm³/mol. The minimum atomic E-state index is -0.861. The SMILES string of the molecule is Cc1ccc(NC(=O)CSc2ccccc2C(=O)OC2CCOC2=O)cc1. The lowest BCUT2D eigenvalue weighted by atomic mass is 10.2. The predicted octanol–water partition coefficient (Wildman–Crippen LogP) is 3.20. The van der Waals surface area contributed by atoms with Gasteiger partial charge >= 0.3 is 11.9 Å². The van der Waals surface area contributed by atoms with Crippen LogP contribution in [0.15, 0.2) is 53.4 Å². The van der Waals surface area contributed by atoms with Crippen molar-refractivity contribution in [2.45, 2.75) is 24.3 Å². The maximum Gasteiger partial charge on any atom is 0.347 e. The Labute approximate surface area is 161 Å². The lowest BCUT2D eigenvalue weighted by Crippen LogP contribution is -2.23. The summed E-state index contributed by atoms with van der Waals surface area (Å²) in [6, 6.07) is 14.4. The Hall–Kier alpha value is -2.80. The maximum atomic E-state index is 12.4. The normalized spacial score (nSPS) is 15.9. The van der Waals surface area contributed by atoms with Gasteiger partial charge in [-0.25, -0.2) is 9.59 Å². The van der Waals surface area contributed by atoms with Gasteiger partial charge in [-0.1, -0.05) is 29.8 Å². The molecule has 2 aromatic rings. The molecule has 1 N–H and O–H groups in total. The Morgan fingerprint density at radius 1 is 1.19 bits per heavy atom. The first-order valence-electron chi connectivity index (χ1n) is 8.49. The topological polar surface area (TPSA) is 81.7 Å². The van der Waals surface area contributed by atoms with Crippen LogP contribution in [0, 0.1) is 6.92 Å². The molecule has 1 aliphatic heterocycles. The van der Waals surface area contributed by atoms with Gasteiger partial charge in [-0.15, -0.1) is 11.8 Å². The fraction of sp³-hybridized carbons (Fsp3) is 0.250. The summed E-state index contributed by atoms with van der Waals surface area (Å²) in [6.45, 7) is 2.23. The van der Waals surface area contributed by atoms with E-state index >= 15 is 0 Å². The van der Waals surface area contributed by atoms with E-state index < -0.39 is 18.0 Å². The number of anilines is 1. The number of esters is 2. The molecule has 6 nitrogen and oxygen atoms in total. The molecule has 1 aliphatic rings. The number of thioether (sulfide) groups is 1. The molecule has 1 fully saturated rings. The van der Waals surface area contributed by atoms with Crippen LogP contribution in [0.25, 0.3) is 0 Å². The van der Waals surface area contributed by atoms with Crippen LogP contribution in [0.1, 0.15) is 22.3 Å². The van der Waals surface area contributed by atoms with Gasteiger partial charge in [0.15, 0.2) is 0 Å². The van der Waals surface area contributed by atoms with Gasteiger partial charge in [-0.3, -0.25) is 4.79 Å². The molecule has 1 unspecified atom stereocenters. The van der Waals surface area contributed by atoms with Crippen molar-refractivity contribution in [3.8, 4) is 0 Å². The summed E-state index contributed by atoms with van der Waals surface area (Å²) in [5.74, 6) is -1.15. The zero-order valence-electron chi connectivity index (χ0n) is 14.8. The average molecular weight is 385 g/mol. The number of cyclic esters (lactones) is 1. The van der Waals surface area contributed by atoms with Gasteiger partial charge < -0.3 is 14.8 Å². The Morgan fingerprint density at radius 2 is 1.93 bits per heavy atom. The quantitative estimate of drug-likeness (QED) is 0.607. The minimum absolute atomic E-state index is 0.142. The fourth-order valence-corrected chi connectivity index (χ4v) is 3.36. The molecule has 27 heavy (non-hydrogen) atoms. The van der Waals surface area contributed by atoms with E-state index in [2.05, 4.69) is 5.32 Å². The van der Waals surface area contributed by atoms with Gasteiger partial charge in [0, 0.05) is 17.0 Å². The van der Waals surface area contributed by atoms with Crippen molar-refractivity contribution in [3.63, 3.8) is 0 Å². The molecule has 140 valence electrons. The molecular formula is C20H19NO5S. The summed E-state index contributed by atoms with van der Waals surface area (Å²) in [6.07, 6.45) is -0.501. The van der Waals surface area contributed by atoms with Crippen molar-refractivity contribution >= 4 is 35.3 Å². The van der Waals surface area contributed by atoms with Crippen LogP contribution in [0.3, 0.4) is 0 Å². The molecule has 2 aromatic carbocycles. The smallest absolute Gasteiger partial charge is 0.347 e. The van der Waals surface area contributed by atoms with E-state index in [9.17, 15) is 14.4 Å². The summed E-state index contributed by atoms with van der Waals surface area (Å²) >= 11 is 1.24. The van der Waals surface area contributed by atoms with Gasteiger partial charge in [-0.2, -0.15) is 0 Å². The molecule has 1 amide bonds. The number of hydrogen-bond donors (Lipinski definition) is 1. The Balaban J connectivity index is 1.60. The number of nitrogens with one attached hydrogen (secondary N) is 1. The zero-order valence-corrected chi connectivity index (χ0v) is 15.6. The Morgan fingerprint density at radius 3 is 2.63 bits per heavy atom. The number of carbonyl (C=O) groups excluding carboxylic acids is 3. The van der Waals surface area contributed by atoms with E-state index in [1.807, 2.05) is 31.2 Å². The van der Waals surface area contributed by atoms with Crippen LogP contribution < -0.4 is 5.32 Å². The first-order chi connectivity index (χ1) is 13.0. The largest absolute Gasteiger partial charge is 0.463 e. The van der Waals surface area contributed by atoms with Gasteiger partial charge in [-0.05, 0) is 31.2 Å². The van der Waals surface area contributed by atoms with Crippen molar-refractivity contribution in [2.24, 2.45) is 0 Å². The van der Waals surface area contributed by atoms with E-state index in [4.69, 9.17) is 9.47 Å². The number of amides is 1. The second kappa shape index (κ2) is 8.73. The summed E-state index contributed by atoms with van der Waals surface area (Å²) < 4.78 is 10.0. The van der Waals surface area contributed by atoms with Gasteiger partial charge in [0.25, 0.3) is 0 Å². The van der Waals surface area contributed by atoms with E-state index in [0.29, 0.717) is 16.9 Å². The Kier molecular flexibility index (Phi) is 6.13. The molecule has 0 bridgehead atoms. The number of rotatable bonds is 6.